The van der Waals surface area contributed by atoms with Gasteiger partial charge in [-0.25, -0.2) is 0 Å². The molecule has 3 nitrogen and oxygen atoms in total. The zero-order valence-electron chi connectivity index (χ0n) is 8.50. The van der Waals surface area contributed by atoms with Crippen molar-refractivity contribution in [3.63, 3.8) is 0 Å². The molecule has 0 aliphatic heterocycles. The predicted octanol–water partition coefficient (Wildman–Crippen LogP) is 1.06. The van der Waals surface area contributed by atoms with Crippen LogP contribution in [0.5, 0.6) is 0 Å². The van der Waals surface area contributed by atoms with E-state index in [9.17, 15) is 5.11 Å². The summed E-state index contributed by atoms with van der Waals surface area (Å²) in [6, 6.07) is 0. The molecular weight excluding hydrogens is 168 g/mol. The molecule has 0 fully saturated rings. The van der Waals surface area contributed by atoms with Gasteiger partial charge in [-0.15, -0.1) is 0 Å². The number of aliphatic hydroxyl groups is 3. The first-order valence-electron chi connectivity index (χ1n) is 5.06. The second-order valence-corrected chi connectivity index (χ2v) is 3.90. The Bertz CT molecular complexity index is 113. The van der Waals surface area contributed by atoms with Gasteiger partial charge in [0.15, 0.2) is 0 Å². The van der Waals surface area contributed by atoms with E-state index in [1.807, 2.05) is 0 Å². The monoisotopic (exact) mass is 190 g/mol. The van der Waals surface area contributed by atoms with Crippen LogP contribution in [0.4, 0.5) is 0 Å². The van der Waals surface area contributed by atoms with Crippen molar-refractivity contribution in [1.29, 1.82) is 0 Å². The van der Waals surface area contributed by atoms with Crippen LogP contribution < -0.4 is 0 Å². The van der Waals surface area contributed by atoms with Crippen LogP contribution in [0.2, 0.25) is 0 Å². The van der Waals surface area contributed by atoms with Gasteiger partial charge in [0, 0.05) is 6.61 Å². The highest BCUT2D eigenvalue weighted by atomic mass is 16.3. The molecule has 0 aliphatic carbocycles. The molecule has 80 valence electrons. The van der Waals surface area contributed by atoms with Gasteiger partial charge in [0.05, 0.1) is 12.2 Å². The Kier molecular flexibility index (Phi) is 7.23. The third kappa shape index (κ3) is 8.22. The SMILES string of the molecule is CC(O)(CO)CCCCCCCO. The molecule has 0 saturated carbocycles. The lowest BCUT2D eigenvalue weighted by atomic mass is 9.99. The molecular formula is C10H22O3. The molecule has 13 heavy (non-hydrogen) atoms. The van der Waals surface area contributed by atoms with Crippen molar-refractivity contribution in [3.8, 4) is 0 Å². The van der Waals surface area contributed by atoms with Crippen LogP contribution in [0, 0.1) is 0 Å². The summed E-state index contributed by atoms with van der Waals surface area (Å²) >= 11 is 0. The highest BCUT2D eigenvalue weighted by molar-refractivity contribution is 4.70. The van der Waals surface area contributed by atoms with Crippen LogP contribution >= 0.6 is 0 Å². The summed E-state index contributed by atoms with van der Waals surface area (Å²) in [6.07, 6.45) is 5.69. The smallest absolute Gasteiger partial charge is 0.0849 e. The van der Waals surface area contributed by atoms with E-state index >= 15 is 0 Å². The van der Waals surface area contributed by atoms with Gasteiger partial charge in [-0.1, -0.05) is 25.7 Å². The van der Waals surface area contributed by atoms with E-state index in [1.54, 1.807) is 6.92 Å². The third-order valence-corrected chi connectivity index (χ3v) is 2.21. The molecule has 0 aromatic carbocycles. The van der Waals surface area contributed by atoms with Crippen LogP contribution in [-0.4, -0.2) is 34.1 Å². The minimum absolute atomic E-state index is 0.163. The molecule has 3 N–H and O–H groups in total. The lowest BCUT2D eigenvalue weighted by Gasteiger charge is -2.19. The van der Waals surface area contributed by atoms with Crippen molar-refractivity contribution < 1.29 is 15.3 Å². The first-order valence-corrected chi connectivity index (χ1v) is 5.06. The van der Waals surface area contributed by atoms with Gasteiger partial charge < -0.3 is 15.3 Å². The minimum atomic E-state index is -0.906. The van der Waals surface area contributed by atoms with Crippen LogP contribution in [0.15, 0.2) is 0 Å². The fourth-order valence-electron chi connectivity index (χ4n) is 1.23. The summed E-state index contributed by atoms with van der Waals surface area (Å²) in [5, 5.41) is 26.7. The van der Waals surface area contributed by atoms with Gasteiger partial charge in [-0.2, -0.15) is 0 Å². The van der Waals surface area contributed by atoms with E-state index in [-0.39, 0.29) is 13.2 Å². The average Bonchev–Trinajstić information content (AvgIpc) is 2.11. The quantitative estimate of drug-likeness (QED) is 0.502. The first kappa shape index (κ1) is 12.9. The Labute approximate surface area is 80.4 Å². The number of rotatable bonds is 8. The lowest BCUT2D eigenvalue weighted by Crippen LogP contribution is -2.28. The molecule has 3 heteroatoms. The molecule has 0 aliphatic rings. The van der Waals surface area contributed by atoms with E-state index in [4.69, 9.17) is 10.2 Å². The average molecular weight is 190 g/mol. The van der Waals surface area contributed by atoms with Crippen molar-refractivity contribution in [1.82, 2.24) is 0 Å². The summed E-state index contributed by atoms with van der Waals surface area (Å²) < 4.78 is 0. The zero-order valence-corrected chi connectivity index (χ0v) is 8.50. The molecule has 0 aromatic rings. The third-order valence-electron chi connectivity index (χ3n) is 2.21. The maximum absolute atomic E-state index is 9.44. The van der Waals surface area contributed by atoms with Crippen LogP contribution in [-0.2, 0) is 0 Å². The molecule has 0 spiro atoms. The van der Waals surface area contributed by atoms with E-state index in [0.717, 1.165) is 32.1 Å². The maximum atomic E-state index is 9.44. The van der Waals surface area contributed by atoms with E-state index in [1.165, 1.54) is 0 Å². The van der Waals surface area contributed by atoms with Crippen LogP contribution in [0.1, 0.15) is 45.4 Å². The molecule has 0 rings (SSSR count). The fourth-order valence-corrected chi connectivity index (χ4v) is 1.23. The largest absolute Gasteiger partial charge is 0.396 e. The Balaban J connectivity index is 3.16. The number of hydrogen-bond donors (Lipinski definition) is 3. The van der Waals surface area contributed by atoms with E-state index in [2.05, 4.69) is 0 Å². The van der Waals surface area contributed by atoms with Crippen molar-refractivity contribution in [3.05, 3.63) is 0 Å². The summed E-state index contributed by atoms with van der Waals surface area (Å²) in [7, 11) is 0. The van der Waals surface area contributed by atoms with Gasteiger partial charge in [-0.3, -0.25) is 0 Å². The molecule has 0 aromatic heterocycles. The normalized spacial score (nSPS) is 15.7. The number of aliphatic hydroxyl groups excluding tert-OH is 2. The first-order chi connectivity index (χ1) is 6.12. The Morgan fingerprint density at radius 3 is 2.00 bits per heavy atom. The summed E-state index contributed by atoms with van der Waals surface area (Å²) in [6.45, 7) is 1.76. The zero-order chi connectivity index (χ0) is 10.2. The maximum Gasteiger partial charge on any atom is 0.0849 e. The van der Waals surface area contributed by atoms with Crippen LogP contribution in [0.3, 0.4) is 0 Å². The highest BCUT2D eigenvalue weighted by Gasteiger charge is 2.17. The summed E-state index contributed by atoms with van der Waals surface area (Å²) in [5.41, 5.74) is -0.906. The van der Waals surface area contributed by atoms with Gasteiger partial charge in [-0.05, 0) is 19.8 Å². The van der Waals surface area contributed by atoms with Crippen molar-refractivity contribution in [2.75, 3.05) is 13.2 Å². The van der Waals surface area contributed by atoms with Gasteiger partial charge in [0.1, 0.15) is 0 Å². The number of unbranched alkanes of at least 4 members (excludes halogenated alkanes) is 4. The minimum Gasteiger partial charge on any atom is -0.396 e. The molecule has 0 saturated heterocycles. The second-order valence-electron chi connectivity index (χ2n) is 3.90. The highest BCUT2D eigenvalue weighted by Crippen LogP contribution is 2.14. The van der Waals surface area contributed by atoms with Gasteiger partial charge in [0.2, 0.25) is 0 Å². The Hall–Kier alpha value is -0.120. The topological polar surface area (TPSA) is 60.7 Å². The lowest BCUT2D eigenvalue weighted by molar-refractivity contribution is -0.00696. The summed E-state index contributed by atoms with van der Waals surface area (Å²) in [4.78, 5) is 0. The molecule has 0 bridgehead atoms. The Morgan fingerprint density at radius 2 is 1.46 bits per heavy atom. The van der Waals surface area contributed by atoms with Crippen molar-refractivity contribution >= 4 is 0 Å². The standard InChI is InChI=1S/C10H22O3/c1-10(13,9-12)7-5-3-2-4-6-8-11/h11-13H,2-9H2,1H3. The van der Waals surface area contributed by atoms with E-state index < -0.39 is 5.60 Å². The Morgan fingerprint density at radius 1 is 0.923 bits per heavy atom. The molecule has 0 radical (unpaired) electrons. The van der Waals surface area contributed by atoms with Crippen molar-refractivity contribution in [2.45, 2.75) is 51.0 Å². The fraction of sp³-hybridized carbons (Fsp3) is 1.00. The second kappa shape index (κ2) is 7.30. The van der Waals surface area contributed by atoms with E-state index in [0.29, 0.717) is 6.42 Å². The molecule has 1 unspecified atom stereocenters. The van der Waals surface area contributed by atoms with Gasteiger partial charge >= 0.3 is 0 Å². The number of hydrogen-bond acceptors (Lipinski definition) is 3. The molecule has 0 amide bonds. The van der Waals surface area contributed by atoms with Gasteiger partial charge in [0.25, 0.3) is 0 Å². The predicted molar refractivity (Wildman–Crippen MR) is 52.5 cm³/mol. The van der Waals surface area contributed by atoms with Crippen molar-refractivity contribution in [2.24, 2.45) is 0 Å². The summed E-state index contributed by atoms with van der Waals surface area (Å²) in [5.74, 6) is 0. The molecule has 1 atom stereocenters. The van der Waals surface area contributed by atoms with Crippen LogP contribution in [0.25, 0.3) is 0 Å². The molecule has 0 heterocycles.